The second kappa shape index (κ2) is 7.75. The van der Waals surface area contributed by atoms with Crippen LogP contribution in [0.5, 0.6) is 0 Å². The van der Waals surface area contributed by atoms with Gasteiger partial charge >= 0.3 is 0 Å². The molecule has 1 aromatic carbocycles. The first kappa shape index (κ1) is 16.2. The van der Waals surface area contributed by atoms with Crippen molar-refractivity contribution in [2.45, 2.75) is 19.8 Å². The van der Waals surface area contributed by atoms with Gasteiger partial charge in [-0.25, -0.2) is 4.98 Å². The van der Waals surface area contributed by atoms with Crippen molar-refractivity contribution in [2.75, 3.05) is 10.6 Å². The Hall–Kier alpha value is -2.66. The third kappa shape index (κ3) is 4.20. The fraction of sp³-hybridized carbons (Fsp3) is 0.158. The van der Waals surface area contributed by atoms with Crippen LogP contribution < -0.4 is 10.6 Å². The number of carbonyl (C=O) groups is 1. The standard InChI is InChI=1S/C19H19N3OS/c1-2-14-6-3-4-8-17(14)22-18-10-9-15(13-20-18)21-19(23)12-16-7-5-11-24-16/h3-11,13H,2,12H2,1H3,(H,20,22)(H,21,23). The summed E-state index contributed by atoms with van der Waals surface area (Å²) in [7, 11) is 0. The quantitative estimate of drug-likeness (QED) is 0.689. The predicted octanol–water partition coefficient (Wildman–Crippen LogP) is 4.63. The molecule has 0 aliphatic heterocycles. The summed E-state index contributed by atoms with van der Waals surface area (Å²) in [6.07, 6.45) is 3.02. The van der Waals surface area contributed by atoms with Crippen molar-refractivity contribution in [3.8, 4) is 0 Å². The molecule has 1 amide bonds. The summed E-state index contributed by atoms with van der Waals surface area (Å²) in [6, 6.07) is 15.8. The van der Waals surface area contributed by atoms with Crippen molar-refractivity contribution in [1.29, 1.82) is 0 Å². The Morgan fingerprint density at radius 3 is 2.71 bits per heavy atom. The first-order valence-electron chi connectivity index (χ1n) is 7.88. The van der Waals surface area contributed by atoms with E-state index in [0.29, 0.717) is 12.1 Å². The molecule has 0 atom stereocenters. The molecular formula is C19H19N3OS. The summed E-state index contributed by atoms with van der Waals surface area (Å²) < 4.78 is 0. The van der Waals surface area contributed by atoms with E-state index in [9.17, 15) is 4.79 Å². The molecular weight excluding hydrogens is 318 g/mol. The number of nitrogens with zero attached hydrogens (tertiary/aromatic N) is 1. The summed E-state index contributed by atoms with van der Waals surface area (Å²) in [4.78, 5) is 17.4. The molecule has 0 aliphatic carbocycles. The minimum Gasteiger partial charge on any atom is -0.340 e. The Kier molecular flexibility index (Phi) is 5.23. The number of carbonyl (C=O) groups excluding carboxylic acids is 1. The van der Waals surface area contributed by atoms with Crippen molar-refractivity contribution < 1.29 is 4.79 Å². The number of aryl methyl sites for hydroxylation is 1. The van der Waals surface area contributed by atoms with Gasteiger partial charge in [-0.15, -0.1) is 11.3 Å². The maximum Gasteiger partial charge on any atom is 0.229 e. The fourth-order valence-electron chi connectivity index (χ4n) is 2.41. The molecule has 5 heteroatoms. The minimum atomic E-state index is -0.0312. The number of rotatable bonds is 6. The first-order valence-corrected chi connectivity index (χ1v) is 8.76. The van der Waals surface area contributed by atoms with Gasteiger partial charge in [0.1, 0.15) is 5.82 Å². The van der Waals surface area contributed by atoms with Crippen LogP contribution in [0, 0.1) is 0 Å². The van der Waals surface area contributed by atoms with E-state index in [1.807, 2.05) is 47.8 Å². The fourth-order valence-corrected chi connectivity index (χ4v) is 3.11. The number of pyridine rings is 1. The van der Waals surface area contributed by atoms with Crippen LogP contribution >= 0.6 is 11.3 Å². The summed E-state index contributed by atoms with van der Waals surface area (Å²) in [5.41, 5.74) is 3.00. The SMILES string of the molecule is CCc1ccccc1Nc1ccc(NC(=O)Cc2cccs2)cn1. The lowest BCUT2D eigenvalue weighted by molar-refractivity contribution is -0.115. The predicted molar refractivity (Wildman–Crippen MR) is 100.0 cm³/mol. The van der Waals surface area contributed by atoms with Gasteiger partial charge in [-0.05, 0) is 41.6 Å². The molecule has 4 nitrogen and oxygen atoms in total. The number of hydrogen-bond acceptors (Lipinski definition) is 4. The molecule has 0 radical (unpaired) electrons. The third-order valence-corrected chi connectivity index (χ3v) is 4.50. The van der Waals surface area contributed by atoms with Crippen LogP contribution in [0.1, 0.15) is 17.4 Å². The molecule has 2 aromatic heterocycles. The van der Waals surface area contributed by atoms with Gasteiger partial charge in [-0.3, -0.25) is 4.79 Å². The van der Waals surface area contributed by atoms with Gasteiger partial charge in [0, 0.05) is 10.6 Å². The number of para-hydroxylation sites is 1. The van der Waals surface area contributed by atoms with Crippen LogP contribution in [-0.2, 0) is 17.6 Å². The lowest BCUT2D eigenvalue weighted by Gasteiger charge is -2.11. The van der Waals surface area contributed by atoms with Crippen molar-refractivity contribution in [3.63, 3.8) is 0 Å². The monoisotopic (exact) mass is 337 g/mol. The number of thiophene rings is 1. The Bertz CT molecular complexity index is 798. The van der Waals surface area contributed by atoms with Crippen LogP contribution in [0.15, 0.2) is 60.1 Å². The first-order chi connectivity index (χ1) is 11.7. The highest BCUT2D eigenvalue weighted by Crippen LogP contribution is 2.21. The van der Waals surface area contributed by atoms with Crippen molar-refractivity contribution in [1.82, 2.24) is 4.98 Å². The molecule has 3 aromatic rings. The molecule has 24 heavy (non-hydrogen) atoms. The highest BCUT2D eigenvalue weighted by Gasteiger charge is 2.06. The van der Waals surface area contributed by atoms with Crippen LogP contribution in [0.3, 0.4) is 0 Å². The lowest BCUT2D eigenvalue weighted by Crippen LogP contribution is -2.13. The summed E-state index contributed by atoms with van der Waals surface area (Å²) >= 11 is 1.58. The van der Waals surface area contributed by atoms with Gasteiger partial charge < -0.3 is 10.6 Å². The Morgan fingerprint density at radius 2 is 2.00 bits per heavy atom. The van der Waals surface area contributed by atoms with Crippen molar-refractivity contribution in [3.05, 3.63) is 70.5 Å². The van der Waals surface area contributed by atoms with Crippen LogP contribution in [-0.4, -0.2) is 10.9 Å². The van der Waals surface area contributed by atoms with E-state index in [2.05, 4.69) is 28.6 Å². The zero-order valence-electron chi connectivity index (χ0n) is 13.5. The van der Waals surface area contributed by atoms with E-state index in [-0.39, 0.29) is 5.91 Å². The Balaban J connectivity index is 1.62. The summed E-state index contributed by atoms with van der Waals surface area (Å²) in [5.74, 6) is 0.725. The minimum absolute atomic E-state index is 0.0312. The number of hydrogen-bond donors (Lipinski definition) is 2. The number of nitrogens with one attached hydrogen (secondary N) is 2. The molecule has 0 saturated carbocycles. The van der Waals surface area contributed by atoms with Gasteiger partial charge in [0.25, 0.3) is 0 Å². The van der Waals surface area contributed by atoms with E-state index >= 15 is 0 Å². The van der Waals surface area contributed by atoms with Gasteiger partial charge in [0.05, 0.1) is 18.3 Å². The van der Waals surface area contributed by atoms with Crippen molar-refractivity contribution >= 4 is 34.4 Å². The molecule has 2 heterocycles. The Labute approximate surface area is 145 Å². The van der Waals surface area contributed by atoms with E-state index in [1.165, 1.54) is 5.56 Å². The molecule has 0 aliphatic rings. The molecule has 0 bridgehead atoms. The largest absolute Gasteiger partial charge is 0.340 e. The van der Waals surface area contributed by atoms with Gasteiger partial charge in [0.15, 0.2) is 0 Å². The third-order valence-electron chi connectivity index (χ3n) is 3.62. The second-order valence-corrected chi connectivity index (χ2v) is 6.40. The molecule has 0 unspecified atom stereocenters. The number of benzene rings is 1. The zero-order valence-corrected chi connectivity index (χ0v) is 14.3. The average Bonchev–Trinajstić information content (AvgIpc) is 3.10. The van der Waals surface area contributed by atoms with E-state index in [0.717, 1.165) is 22.8 Å². The van der Waals surface area contributed by atoms with E-state index in [1.54, 1.807) is 17.5 Å². The molecule has 2 N–H and O–H groups in total. The number of amides is 1. The van der Waals surface area contributed by atoms with Crippen molar-refractivity contribution in [2.24, 2.45) is 0 Å². The second-order valence-electron chi connectivity index (χ2n) is 5.37. The number of anilines is 3. The highest BCUT2D eigenvalue weighted by molar-refractivity contribution is 7.10. The molecule has 0 fully saturated rings. The van der Waals surface area contributed by atoms with Crippen LogP contribution in [0.4, 0.5) is 17.2 Å². The topological polar surface area (TPSA) is 54.0 Å². The van der Waals surface area contributed by atoms with E-state index < -0.39 is 0 Å². The Morgan fingerprint density at radius 1 is 1.12 bits per heavy atom. The molecule has 0 spiro atoms. The lowest BCUT2D eigenvalue weighted by atomic mass is 10.1. The highest BCUT2D eigenvalue weighted by atomic mass is 32.1. The maximum absolute atomic E-state index is 12.0. The van der Waals surface area contributed by atoms with Gasteiger partial charge in [-0.2, -0.15) is 0 Å². The van der Waals surface area contributed by atoms with Gasteiger partial charge in [0.2, 0.25) is 5.91 Å². The van der Waals surface area contributed by atoms with Crippen LogP contribution in [0.2, 0.25) is 0 Å². The molecule has 3 rings (SSSR count). The number of aromatic nitrogens is 1. The summed E-state index contributed by atoms with van der Waals surface area (Å²) in [6.45, 7) is 2.13. The average molecular weight is 337 g/mol. The van der Waals surface area contributed by atoms with Crippen LogP contribution in [0.25, 0.3) is 0 Å². The smallest absolute Gasteiger partial charge is 0.229 e. The zero-order chi connectivity index (χ0) is 16.8. The maximum atomic E-state index is 12.0. The van der Waals surface area contributed by atoms with Gasteiger partial charge in [-0.1, -0.05) is 31.2 Å². The molecule has 0 saturated heterocycles. The summed E-state index contributed by atoms with van der Waals surface area (Å²) in [5, 5.41) is 8.16. The molecule has 122 valence electrons. The normalized spacial score (nSPS) is 10.4. The van der Waals surface area contributed by atoms with E-state index in [4.69, 9.17) is 0 Å².